The van der Waals surface area contributed by atoms with Crippen molar-refractivity contribution in [1.29, 1.82) is 0 Å². The molecule has 4 atom stereocenters. The average Bonchev–Trinajstić information content (AvgIpc) is 3.68. The van der Waals surface area contributed by atoms with E-state index in [1.165, 1.54) is 12.3 Å². The van der Waals surface area contributed by atoms with Crippen molar-refractivity contribution in [2.24, 2.45) is 17.6 Å². The second-order valence-electron chi connectivity index (χ2n) is 9.53. The molecule has 1 aliphatic carbocycles. The lowest BCUT2D eigenvalue weighted by atomic mass is 9.98. The Labute approximate surface area is 207 Å². The van der Waals surface area contributed by atoms with Crippen molar-refractivity contribution in [1.82, 2.24) is 4.98 Å². The second-order valence-corrected chi connectivity index (χ2v) is 9.53. The molecule has 0 bridgehead atoms. The van der Waals surface area contributed by atoms with E-state index >= 15 is 0 Å². The molecule has 2 N–H and O–H groups in total. The second kappa shape index (κ2) is 11.1. The number of hydrogen-bond donors (Lipinski definition) is 1. The topological polar surface area (TPSA) is 68.5 Å². The minimum atomic E-state index is -0.369. The lowest BCUT2D eigenvalue weighted by Crippen LogP contribution is -2.45. The molecule has 1 amide bonds. The zero-order chi connectivity index (χ0) is 24.9. The Morgan fingerprint density at radius 2 is 1.77 bits per heavy atom. The van der Waals surface area contributed by atoms with Crippen LogP contribution < -0.4 is 10.6 Å². The molecule has 184 valence electrons. The summed E-state index contributed by atoms with van der Waals surface area (Å²) in [6, 6.07) is 19.3. The monoisotopic (exact) mass is 475 g/mol. The zero-order valence-corrected chi connectivity index (χ0v) is 20.7. The minimum Gasteiger partial charge on any atom is -0.380 e. The molecule has 1 aromatic heterocycles. The predicted molar refractivity (Wildman–Crippen MR) is 137 cm³/mol. The lowest BCUT2D eigenvalue weighted by Gasteiger charge is -2.29. The maximum absolute atomic E-state index is 13.6. The van der Waals surface area contributed by atoms with Crippen LogP contribution in [0.5, 0.6) is 0 Å². The number of aromatic nitrogens is 1. The molecule has 1 saturated carbocycles. The van der Waals surface area contributed by atoms with E-state index in [2.05, 4.69) is 43.1 Å². The molecule has 0 saturated heterocycles. The van der Waals surface area contributed by atoms with Gasteiger partial charge < -0.3 is 15.4 Å². The number of benzene rings is 2. The standard InChI is InChI=1S/C29H34FN3O2/c1-4-19(2)27(31)17-33(29(34)26-15-25(26)28-14-11-23(30)16-32-28)24-12-9-22(10-13-24)21-7-5-20(6-8-21)18-35-3/h5-14,16,19,25-27H,4,15,17-18,31H2,1-3H3/t19-,25+,26-,27+/m0/s1. The van der Waals surface area contributed by atoms with Crippen molar-refractivity contribution < 1.29 is 13.9 Å². The van der Waals surface area contributed by atoms with E-state index in [1.807, 2.05) is 29.2 Å². The molecule has 1 fully saturated rings. The van der Waals surface area contributed by atoms with Gasteiger partial charge in [-0.15, -0.1) is 0 Å². The van der Waals surface area contributed by atoms with Gasteiger partial charge in [0.05, 0.1) is 12.8 Å². The first-order valence-electron chi connectivity index (χ1n) is 12.3. The average molecular weight is 476 g/mol. The highest BCUT2D eigenvalue weighted by Crippen LogP contribution is 2.48. The molecule has 0 radical (unpaired) electrons. The Morgan fingerprint density at radius 3 is 2.34 bits per heavy atom. The quantitative estimate of drug-likeness (QED) is 0.418. The molecule has 2 aromatic carbocycles. The number of nitrogens with two attached hydrogens (primary N) is 1. The minimum absolute atomic E-state index is 0.0234. The van der Waals surface area contributed by atoms with Crippen LogP contribution >= 0.6 is 0 Å². The van der Waals surface area contributed by atoms with Crippen molar-refractivity contribution in [2.45, 2.75) is 45.3 Å². The van der Waals surface area contributed by atoms with Crippen molar-refractivity contribution in [2.75, 3.05) is 18.6 Å². The van der Waals surface area contributed by atoms with Gasteiger partial charge >= 0.3 is 0 Å². The highest BCUT2D eigenvalue weighted by atomic mass is 19.1. The number of anilines is 1. The molecule has 0 unspecified atom stereocenters. The third-order valence-corrected chi connectivity index (χ3v) is 7.05. The van der Waals surface area contributed by atoms with Gasteiger partial charge in [0.2, 0.25) is 5.91 Å². The van der Waals surface area contributed by atoms with E-state index in [9.17, 15) is 9.18 Å². The summed E-state index contributed by atoms with van der Waals surface area (Å²) in [6.07, 6.45) is 2.89. The number of rotatable bonds is 10. The first kappa shape index (κ1) is 25.0. The van der Waals surface area contributed by atoms with E-state index in [-0.39, 0.29) is 29.6 Å². The Hall–Kier alpha value is -3.09. The zero-order valence-electron chi connectivity index (χ0n) is 20.7. The molecule has 35 heavy (non-hydrogen) atoms. The van der Waals surface area contributed by atoms with Gasteiger partial charge in [-0.1, -0.05) is 56.7 Å². The van der Waals surface area contributed by atoms with Gasteiger partial charge in [-0.3, -0.25) is 9.78 Å². The summed E-state index contributed by atoms with van der Waals surface area (Å²) < 4.78 is 18.5. The summed E-state index contributed by atoms with van der Waals surface area (Å²) >= 11 is 0. The van der Waals surface area contributed by atoms with Crippen LogP contribution in [0.3, 0.4) is 0 Å². The SMILES string of the molecule is CC[C@H](C)[C@H](N)CN(C(=O)[C@H]1C[C@H]1c1ccc(F)cn1)c1ccc(-c2ccc(COC)cc2)cc1. The Kier molecular flexibility index (Phi) is 7.93. The van der Waals surface area contributed by atoms with Crippen LogP contribution in [0.1, 0.15) is 43.9 Å². The number of halogens is 1. The van der Waals surface area contributed by atoms with Gasteiger partial charge in [-0.05, 0) is 53.3 Å². The Morgan fingerprint density at radius 1 is 1.11 bits per heavy atom. The molecular formula is C29H34FN3O2. The normalized spacial score (nSPS) is 18.7. The number of carbonyl (C=O) groups excluding carboxylic acids is 1. The number of carbonyl (C=O) groups is 1. The lowest BCUT2D eigenvalue weighted by molar-refractivity contribution is -0.120. The molecule has 3 aromatic rings. The maximum atomic E-state index is 13.6. The van der Waals surface area contributed by atoms with E-state index in [0.29, 0.717) is 19.1 Å². The fourth-order valence-corrected chi connectivity index (χ4v) is 4.41. The van der Waals surface area contributed by atoms with Crippen molar-refractivity contribution in [3.05, 3.63) is 83.9 Å². The molecule has 5 nitrogen and oxygen atoms in total. The molecule has 1 heterocycles. The molecule has 1 aliphatic rings. The third kappa shape index (κ3) is 5.95. The first-order valence-corrected chi connectivity index (χ1v) is 12.3. The number of methoxy groups -OCH3 is 1. The van der Waals surface area contributed by atoms with Crippen molar-refractivity contribution in [3.8, 4) is 11.1 Å². The maximum Gasteiger partial charge on any atom is 0.230 e. The Balaban J connectivity index is 1.54. The predicted octanol–water partition coefficient (Wildman–Crippen LogP) is 5.54. The van der Waals surface area contributed by atoms with Crippen LogP contribution in [-0.4, -0.2) is 30.6 Å². The largest absolute Gasteiger partial charge is 0.380 e. The van der Waals surface area contributed by atoms with Gasteiger partial charge in [0.15, 0.2) is 0 Å². The van der Waals surface area contributed by atoms with Crippen molar-refractivity contribution in [3.63, 3.8) is 0 Å². The summed E-state index contributed by atoms with van der Waals surface area (Å²) in [6.45, 7) is 5.27. The Bertz CT molecular complexity index is 1120. The number of pyridine rings is 1. The van der Waals surface area contributed by atoms with Crippen LogP contribution in [0.25, 0.3) is 11.1 Å². The number of nitrogens with zero attached hydrogens (tertiary/aromatic N) is 2. The summed E-state index contributed by atoms with van der Waals surface area (Å²) in [7, 11) is 1.69. The van der Waals surface area contributed by atoms with Crippen LogP contribution in [-0.2, 0) is 16.1 Å². The van der Waals surface area contributed by atoms with E-state index in [0.717, 1.165) is 40.9 Å². The summed E-state index contributed by atoms with van der Waals surface area (Å²) in [4.78, 5) is 19.6. The summed E-state index contributed by atoms with van der Waals surface area (Å²) in [5.74, 6) is -0.159. The van der Waals surface area contributed by atoms with Crippen LogP contribution in [0.2, 0.25) is 0 Å². The first-order chi connectivity index (χ1) is 16.9. The third-order valence-electron chi connectivity index (χ3n) is 7.05. The highest BCUT2D eigenvalue weighted by molar-refractivity contribution is 5.97. The molecule has 0 aliphatic heterocycles. The van der Waals surface area contributed by atoms with Gasteiger partial charge in [0.25, 0.3) is 0 Å². The molecular weight excluding hydrogens is 441 g/mol. The van der Waals surface area contributed by atoms with Gasteiger partial charge in [-0.25, -0.2) is 4.39 Å². The number of amides is 1. The smallest absolute Gasteiger partial charge is 0.230 e. The van der Waals surface area contributed by atoms with Gasteiger partial charge in [0, 0.05) is 42.9 Å². The van der Waals surface area contributed by atoms with E-state index in [1.54, 1.807) is 13.2 Å². The van der Waals surface area contributed by atoms with E-state index < -0.39 is 0 Å². The summed E-state index contributed by atoms with van der Waals surface area (Å²) in [5, 5.41) is 0. The highest BCUT2D eigenvalue weighted by Gasteiger charge is 2.47. The fourth-order valence-electron chi connectivity index (χ4n) is 4.41. The van der Waals surface area contributed by atoms with E-state index in [4.69, 9.17) is 10.5 Å². The van der Waals surface area contributed by atoms with Crippen molar-refractivity contribution >= 4 is 11.6 Å². The van der Waals surface area contributed by atoms with Crippen LogP contribution in [0.15, 0.2) is 66.9 Å². The number of hydrogen-bond acceptors (Lipinski definition) is 4. The molecule has 6 heteroatoms. The summed E-state index contributed by atoms with van der Waals surface area (Å²) in [5.41, 5.74) is 11.4. The van der Waals surface area contributed by atoms with Gasteiger partial charge in [-0.2, -0.15) is 0 Å². The van der Waals surface area contributed by atoms with Gasteiger partial charge in [0.1, 0.15) is 5.82 Å². The van der Waals surface area contributed by atoms with Crippen LogP contribution in [0.4, 0.5) is 10.1 Å². The fraction of sp³-hybridized carbons (Fsp3) is 0.379. The number of ether oxygens (including phenoxy) is 1. The van der Waals surface area contributed by atoms with Crippen LogP contribution in [0, 0.1) is 17.7 Å². The molecule has 0 spiro atoms. The molecule has 4 rings (SSSR count).